The average molecular weight is 177 g/mol. The molecule has 0 saturated carbocycles. The van der Waals surface area contributed by atoms with Crippen LogP contribution in [0.25, 0.3) is 0 Å². The molecule has 2 N–H and O–H groups in total. The lowest BCUT2D eigenvalue weighted by Crippen LogP contribution is -2.18. The highest BCUT2D eigenvalue weighted by atomic mass is 15.1. The van der Waals surface area contributed by atoms with Crippen LogP contribution in [0.1, 0.15) is 18.4 Å². The first-order chi connectivity index (χ1) is 6.27. The van der Waals surface area contributed by atoms with E-state index in [0.717, 1.165) is 13.0 Å². The van der Waals surface area contributed by atoms with Crippen molar-refractivity contribution in [1.82, 2.24) is 4.98 Å². The predicted molar refractivity (Wildman–Crippen MR) is 54.9 cm³/mol. The maximum absolute atomic E-state index is 5.66. The number of rotatable bonds is 0. The average Bonchev–Trinajstić information content (AvgIpc) is 2.29. The first-order valence-corrected chi connectivity index (χ1v) is 4.73. The summed E-state index contributed by atoms with van der Waals surface area (Å²) in [6.07, 6.45) is 5.55. The standard InChI is InChI=1S/C10H15N3/c1-13-5-3-2-4-8-7-12-10(11)6-9(8)13/h6-7H,2-5H2,1H3,(H2,11,12). The van der Waals surface area contributed by atoms with Crippen LogP contribution in [0.5, 0.6) is 0 Å². The van der Waals surface area contributed by atoms with E-state index in [9.17, 15) is 0 Å². The normalized spacial score (nSPS) is 16.5. The third kappa shape index (κ3) is 1.59. The number of aryl methyl sites for hydroxylation is 1. The topological polar surface area (TPSA) is 42.2 Å². The Morgan fingerprint density at radius 1 is 1.46 bits per heavy atom. The summed E-state index contributed by atoms with van der Waals surface area (Å²) in [7, 11) is 2.11. The minimum Gasteiger partial charge on any atom is -0.384 e. The van der Waals surface area contributed by atoms with Crippen molar-refractivity contribution in [3.8, 4) is 0 Å². The van der Waals surface area contributed by atoms with E-state index in [1.165, 1.54) is 24.1 Å². The highest BCUT2D eigenvalue weighted by Crippen LogP contribution is 2.25. The van der Waals surface area contributed by atoms with Gasteiger partial charge in [-0.1, -0.05) is 0 Å². The lowest BCUT2D eigenvalue weighted by atomic mass is 10.1. The number of fused-ring (bicyclic) bond motifs is 1. The van der Waals surface area contributed by atoms with Crippen LogP contribution in [0, 0.1) is 0 Å². The van der Waals surface area contributed by atoms with Crippen LogP contribution >= 0.6 is 0 Å². The van der Waals surface area contributed by atoms with E-state index in [1.54, 1.807) is 0 Å². The van der Waals surface area contributed by atoms with Crippen molar-refractivity contribution < 1.29 is 0 Å². The molecule has 1 aliphatic heterocycles. The third-order valence-electron chi connectivity index (χ3n) is 2.58. The summed E-state index contributed by atoms with van der Waals surface area (Å²) in [5, 5.41) is 0. The molecule has 0 amide bonds. The quantitative estimate of drug-likeness (QED) is 0.652. The maximum Gasteiger partial charge on any atom is 0.125 e. The number of anilines is 2. The lowest BCUT2D eigenvalue weighted by Gasteiger charge is -2.18. The number of pyridine rings is 1. The second kappa shape index (κ2) is 3.24. The Kier molecular flexibility index (Phi) is 2.08. The third-order valence-corrected chi connectivity index (χ3v) is 2.58. The highest BCUT2D eigenvalue weighted by molar-refractivity contribution is 5.58. The Balaban J connectivity index is 2.43. The molecule has 0 radical (unpaired) electrons. The monoisotopic (exact) mass is 177 g/mol. The van der Waals surface area contributed by atoms with Gasteiger partial charge in [0.2, 0.25) is 0 Å². The van der Waals surface area contributed by atoms with E-state index < -0.39 is 0 Å². The molecule has 0 atom stereocenters. The van der Waals surface area contributed by atoms with Gasteiger partial charge in [-0.25, -0.2) is 4.98 Å². The summed E-state index contributed by atoms with van der Waals surface area (Å²) in [6.45, 7) is 1.12. The Labute approximate surface area is 78.6 Å². The van der Waals surface area contributed by atoms with Gasteiger partial charge in [-0.3, -0.25) is 0 Å². The number of aromatic nitrogens is 1. The fourth-order valence-electron chi connectivity index (χ4n) is 1.82. The summed E-state index contributed by atoms with van der Waals surface area (Å²) in [4.78, 5) is 6.38. The summed E-state index contributed by atoms with van der Waals surface area (Å²) in [6, 6.07) is 1.97. The van der Waals surface area contributed by atoms with Crippen molar-refractivity contribution in [3.63, 3.8) is 0 Å². The number of hydrogen-bond acceptors (Lipinski definition) is 3. The van der Waals surface area contributed by atoms with Crippen molar-refractivity contribution in [2.75, 3.05) is 24.2 Å². The Morgan fingerprint density at radius 3 is 3.15 bits per heavy atom. The van der Waals surface area contributed by atoms with E-state index in [1.807, 2.05) is 12.3 Å². The molecule has 1 aromatic heterocycles. The van der Waals surface area contributed by atoms with Crippen LogP contribution in [0.15, 0.2) is 12.3 Å². The first kappa shape index (κ1) is 8.35. The van der Waals surface area contributed by atoms with Crippen LogP contribution in [-0.2, 0) is 6.42 Å². The van der Waals surface area contributed by atoms with Gasteiger partial charge < -0.3 is 10.6 Å². The zero-order valence-corrected chi connectivity index (χ0v) is 7.95. The summed E-state index contributed by atoms with van der Waals surface area (Å²) < 4.78 is 0. The molecule has 2 rings (SSSR count). The molecular formula is C10H15N3. The molecule has 0 spiro atoms. The molecule has 1 aliphatic rings. The van der Waals surface area contributed by atoms with Crippen LogP contribution in [0.4, 0.5) is 11.5 Å². The predicted octanol–water partition coefficient (Wildman–Crippen LogP) is 1.44. The largest absolute Gasteiger partial charge is 0.384 e. The molecule has 3 heteroatoms. The van der Waals surface area contributed by atoms with Crippen molar-refractivity contribution in [2.45, 2.75) is 19.3 Å². The second-order valence-corrected chi connectivity index (χ2v) is 3.62. The van der Waals surface area contributed by atoms with Crippen molar-refractivity contribution in [3.05, 3.63) is 17.8 Å². The molecule has 0 unspecified atom stereocenters. The molecule has 2 heterocycles. The number of nitrogens with two attached hydrogens (primary N) is 1. The van der Waals surface area contributed by atoms with E-state index in [4.69, 9.17) is 5.73 Å². The zero-order valence-electron chi connectivity index (χ0n) is 7.95. The molecule has 1 aromatic rings. The van der Waals surface area contributed by atoms with E-state index >= 15 is 0 Å². The van der Waals surface area contributed by atoms with Crippen molar-refractivity contribution in [2.24, 2.45) is 0 Å². The molecule has 0 saturated heterocycles. The lowest BCUT2D eigenvalue weighted by molar-refractivity contribution is 0.749. The smallest absolute Gasteiger partial charge is 0.125 e. The second-order valence-electron chi connectivity index (χ2n) is 3.62. The van der Waals surface area contributed by atoms with Gasteiger partial charge in [0.05, 0.1) is 0 Å². The van der Waals surface area contributed by atoms with Gasteiger partial charge in [0, 0.05) is 31.5 Å². The number of nitrogen functional groups attached to an aromatic ring is 1. The van der Waals surface area contributed by atoms with Crippen LogP contribution in [0.3, 0.4) is 0 Å². The molecular weight excluding hydrogens is 162 g/mol. The van der Waals surface area contributed by atoms with Crippen LogP contribution in [-0.4, -0.2) is 18.6 Å². The minimum absolute atomic E-state index is 0.618. The zero-order chi connectivity index (χ0) is 9.26. The van der Waals surface area contributed by atoms with Gasteiger partial charge in [0.15, 0.2) is 0 Å². The summed E-state index contributed by atoms with van der Waals surface area (Å²) in [5.41, 5.74) is 8.24. The van der Waals surface area contributed by atoms with Gasteiger partial charge in [0.25, 0.3) is 0 Å². The molecule has 13 heavy (non-hydrogen) atoms. The molecule has 3 nitrogen and oxygen atoms in total. The minimum atomic E-state index is 0.618. The highest BCUT2D eigenvalue weighted by Gasteiger charge is 2.12. The van der Waals surface area contributed by atoms with E-state index in [2.05, 4.69) is 16.9 Å². The Hall–Kier alpha value is -1.25. The van der Waals surface area contributed by atoms with Crippen LogP contribution in [0.2, 0.25) is 0 Å². The maximum atomic E-state index is 5.66. The Bertz CT molecular complexity index is 309. The molecule has 0 aliphatic carbocycles. The van der Waals surface area contributed by atoms with E-state index in [-0.39, 0.29) is 0 Å². The SMILES string of the molecule is CN1CCCCc2cnc(N)cc21. The Morgan fingerprint density at radius 2 is 2.31 bits per heavy atom. The van der Waals surface area contributed by atoms with Gasteiger partial charge in [-0.05, 0) is 24.8 Å². The van der Waals surface area contributed by atoms with Crippen LogP contribution < -0.4 is 10.6 Å². The fourth-order valence-corrected chi connectivity index (χ4v) is 1.82. The number of hydrogen-bond donors (Lipinski definition) is 1. The summed E-state index contributed by atoms with van der Waals surface area (Å²) >= 11 is 0. The molecule has 0 aromatic carbocycles. The molecule has 0 fully saturated rings. The molecule has 70 valence electrons. The van der Waals surface area contributed by atoms with Gasteiger partial charge in [-0.2, -0.15) is 0 Å². The number of nitrogens with zero attached hydrogens (tertiary/aromatic N) is 2. The van der Waals surface area contributed by atoms with Gasteiger partial charge in [-0.15, -0.1) is 0 Å². The van der Waals surface area contributed by atoms with Gasteiger partial charge in [0.1, 0.15) is 5.82 Å². The van der Waals surface area contributed by atoms with Crippen molar-refractivity contribution >= 4 is 11.5 Å². The molecule has 0 bridgehead atoms. The van der Waals surface area contributed by atoms with E-state index in [0.29, 0.717) is 5.82 Å². The fraction of sp³-hybridized carbons (Fsp3) is 0.500. The first-order valence-electron chi connectivity index (χ1n) is 4.73. The van der Waals surface area contributed by atoms with Crippen molar-refractivity contribution in [1.29, 1.82) is 0 Å². The van der Waals surface area contributed by atoms with Gasteiger partial charge >= 0.3 is 0 Å². The summed E-state index contributed by atoms with van der Waals surface area (Å²) in [5.74, 6) is 0.618.